The van der Waals surface area contributed by atoms with E-state index in [0.717, 1.165) is 13.4 Å². The largest absolute Gasteiger partial charge is 0.490 e. The molecule has 220 valence electrons. The highest BCUT2D eigenvalue weighted by Crippen LogP contribution is 2.34. The van der Waals surface area contributed by atoms with E-state index in [9.17, 15) is 9.59 Å². The molecule has 5 aromatic rings. The Labute approximate surface area is 268 Å². The van der Waals surface area contributed by atoms with E-state index in [-0.39, 0.29) is 23.9 Å². The molecule has 3 aromatic carbocycles. The Morgan fingerprint density at radius 3 is 2.74 bits per heavy atom. The fourth-order valence-corrected chi connectivity index (χ4v) is 5.90. The maximum atomic E-state index is 13.7. The van der Waals surface area contributed by atoms with Gasteiger partial charge in [-0.25, -0.2) is 4.98 Å². The van der Waals surface area contributed by atoms with Crippen LogP contribution in [0.1, 0.15) is 12.5 Å². The van der Waals surface area contributed by atoms with Crippen LogP contribution in [0, 0.1) is 3.57 Å². The van der Waals surface area contributed by atoms with E-state index in [0.29, 0.717) is 72.2 Å². The lowest BCUT2D eigenvalue weighted by Crippen LogP contribution is -2.43. The lowest BCUT2D eigenvalue weighted by Gasteiger charge is -2.27. The molecular weight excluding hydrogens is 731 g/mol. The fourth-order valence-electron chi connectivity index (χ4n) is 4.74. The number of ether oxygens (including phenoxy) is 3. The average molecular weight is 757 g/mol. The van der Waals surface area contributed by atoms with Crippen molar-refractivity contribution in [2.75, 3.05) is 39.5 Å². The lowest BCUT2D eigenvalue weighted by atomic mass is 10.2. The SMILES string of the molecule is CCOc1cc(C=Nn2c(-c3cc4cc(Br)ccc4o3)nc3ccccc3c2=O)cc(I)c1OCC(=O)N1CCOCC1. The van der Waals surface area contributed by atoms with Gasteiger partial charge in [-0.1, -0.05) is 28.1 Å². The van der Waals surface area contributed by atoms with E-state index in [1.54, 1.807) is 35.4 Å². The Bertz CT molecular complexity index is 1910. The number of aromatic nitrogens is 2. The van der Waals surface area contributed by atoms with E-state index < -0.39 is 0 Å². The summed E-state index contributed by atoms with van der Waals surface area (Å²) in [4.78, 5) is 32.8. The van der Waals surface area contributed by atoms with Crippen molar-refractivity contribution in [1.82, 2.24) is 14.6 Å². The van der Waals surface area contributed by atoms with Crippen LogP contribution < -0.4 is 15.0 Å². The summed E-state index contributed by atoms with van der Waals surface area (Å²) in [7, 11) is 0. The molecular formula is C31H26BrIN4O6. The molecule has 0 N–H and O–H groups in total. The van der Waals surface area contributed by atoms with Gasteiger partial charge in [0, 0.05) is 22.9 Å². The highest BCUT2D eigenvalue weighted by molar-refractivity contribution is 14.1. The summed E-state index contributed by atoms with van der Waals surface area (Å²) in [6, 6.07) is 18.2. The summed E-state index contributed by atoms with van der Waals surface area (Å²) in [5.74, 6) is 1.51. The van der Waals surface area contributed by atoms with Gasteiger partial charge in [-0.05, 0) is 83.6 Å². The fraction of sp³-hybridized carbons (Fsp3) is 0.226. The van der Waals surface area contributed by atoms with Gasteiger partial charge in [0.2, 0.25) is 5.82 Å². The second kappa shape index (κ2) is 12.9. The van der Waals surface area contributed by atoms with Crippen LogP contribution in [0.5, 0.6) is 11.5 Å². The van der Waals surface area contributed by atoms with Crippen LogP contribution in [0.2, 0.25) is 0 Å². The molecule has 10 nitrogen and oxygen atoms in total. The normalized spacial score (nSPS) is 13.7. The number of fused-ring (bicyclic) bond motifs is 2. The minimum atomic E-state index is -0.334. The first-order valence-electron chi connectivity index (χ1n) is 13.6. The van der Waals surface area contributed by atoms with Crippen LogP contribution in [0.3, 0.4) is 0 Å². The third-order valence-electron chi connectivity index (χ3n) is 6.81. The standard InChI is InChI=1S/C31H26BrIN4O6/c1-2-41-26-14-19(13-23(33)29(26)42-18-28(38)36-9-11-40-12-10-36)17-34-37-30(35-24-6-4-3-5-22(24)31(37)39)27-16-20-15-21(32)7-8-25(20)43-27/h3-8,13-17H,2,9-12,18H2,1H3. The van der Waals surface area contributed by atoms with Crippen LogP contribution in [0.4, 0.5) is 0 Å². The molecule has 0 radical (unpaired) electrons. The van der Waals surface area contributed by atoms with Crippen molar-refractivity contribution in [1.29, 1.82) is 0 Å². The molecule has 3 heterocycles. The summed E-state index contributed by atoms with van der Waals surface area (Å²) in [5, 5.41) is 5.87. The maximum Gasteiger partial charge on any atom is 0.282 e. The lowest BCUT2D eigenvalue weighted by molar-refractivity contribution is -0.137. The summed E-state index contributed by atoms with van der Waals surface area (Å²) in [5.41, 5.74) is 1.53. The summed E-state index contributed by atoms with van der Waals surface area (Å²) >= 11 is 5.63. The van der Waals surface area contributed by atoms with Crippen LogP contribution in [-0.4, -0.2) is 66.2 Å². The molecule has 0 aliphatic carbocycles. The van der Waals surface area contributed by atoms with Gasteiger partial charge in [0.1, 0.15) is 5.58 Å². The number of carbonyl (C=O) groups is 1. The first-order valence-corrected chi connectivity index (χ1v) is 15.5. The van der Waals surface area contributed by atoms with Crippen molar-refractivity contribution >= 4 is 72.5 Å². The van der Waals surface area contributed by atoms with Crippen molar-refractivity contribution in [3.63, 3.8) is 0 Å². The maximum absolute atomic E-state index is 13.7. The van der Waals surface area contributed by atoms with Gasteiger partial charge in [-0.2, -0.15) is 9.78 Å². The van der Waals surface area contributed by atoms with E-state index in [4.69, 9.17) is 23.6 Å². The third kappa shape index (κ3) is 6.31. The Morgan fingerprint density at radius 1 is 1.12 bits per heavy atom. The zero-order chi connectivity index (χ0) is 29.9. The van der Waals surface area contributed by atoms with Crippen molar-refractivity contribution in [3.8, 4) is 23.1 Å². The zero-order valence-corrected chi connectivity index (χ0v) is 26.8. The number of hydrogen-bond acceptors (Lipinski definition) is 8. The molecule has 0 unspecified atom stereocenters. The van der Waals surface area contributed by atoms with Gasteiger partial charge in [-0.3, -0.25) is 9.59 Å². The Kier molecular flexibility index (Phi) is 8.77. The molecule has 0 saturated carbocycles. The van der Waals surface area contributed by atoms with E-state index in [1.165, 1.54) is 4.68 Å². The van der Waals surface area contributed by atoms with Crippen molar-refractivity contribution < 1.29 is 23.4 Å². The molecule has 1 fully saturated rings. The minimum absolute atomic E-state index is 0.110. The molecule has 1 aliphatic rings. The summed E-state index contributed by atoms with van der Waals surface area (Å²) in [6.45, 7) is 4.28. The molecule has 1 saturated heterocycles. The van der Waals surface area contributed by atoms with Gasteiger partial charge in [0.15, 0.2) is 23.9 Å². The number of para-hydroxylation sites is 1. The summed E-state index contributed by atoms with van der Waals surface area (Å²) < 4.78 is 26.1. The first-order chi connectivity index (χ1) is 20.9. The monoisotopic (exact) mass is 756 g/mol. The third-order valence-corrected chi connectivity index (χ3v) is 8.10. The second-order valence-corrected chi connectivity index (χ2v) is 11.7. The minimum Gasteiger partial charge on any atom is -0.490 e. The van der Waals surface area contributed by atoms with Crippen LogP contribution >= 0.6 is 38.5 Å². The van der Waals surface area contributed by atoms with E-state index in [1.807, 2.05) is 43.3 Å². The number of hydrogen-bond donors (Lipinski definition) is 0. The smallest absolute Gasteiger partial charge is 0.282 e. The van der Waals surface area contributed by atoms with Crippen LogP contribution in [0.15, 0.2) is 79.4 Å². The van der Waals surface area contributed by atoms with Crippen LogP contribution in [0.25, 0.3) is 33.5 Å². The van der Waals surface area contributed by atoms with Crippen molar-refractivity contribution in [2.24, 2.45) is 5.10 Å². The molecule has 12 heteroatoms. The van der Waals surface area contributed by atoms with Crippen molar-refractivity contribution in [2.45, 2.75) is 6.92 Å². The number of amides is 1. The molecule has 1 amide bonds. The Morgan fingerprint density at radius 2 is 1.93 bits per heavy atom. The Hall–Kier alpha value is -3.75. The Balaban J connectivity index is 1.36. The molecule has 0 spiro atoms. The molecule has 43 heavy (non-hydrogen) atoms. The number of morpholine rings is 1. The number of carbonyl (C=O) groups excluding carboxylic acids is 1. The topological polar surface area (TPSA) is 108 Å². The molecule has 1 aliphatic heterocycles. The quantitative estimate of drug-likeness (QED) is 0.148. The average Bonchev–Trinajstić information content (AvgIpc) is 3.43. The van der Waals surface area contributed by atoms with Gasteiger partial charge >= 0.3 is 0 Å². The van der Waals surface area contributed by atoms with E-state index in [2.05, 4.69) is 43.6 Å². The number of benzene rings is 3. The number of rotatable bonds is 8. The first kappa shape index (κ1) is 29.3. The van der Waals surface area contributed by atoms with E-state index >= 15 is 0 Å². The van der Waals surface area contributed by atoms with Crippen molar-refractivity contribution in [3.05, 3.63) is 84.6 Å². The number of furan rings is 1. The zero-order valence-electron chi connectivity index (χ0n) is 23.1. The molecule has 2 aromatic heterocycles. The van der Waals surface area contributed by atoms with Gasteiger partial charge in [0.05, 0.1) is 40.5 Å². The second-order valence-electron chi connectivity index (χ2n) is 9.65. The molecule has 0 atom stereocenters. The predicted molar refractivity (Wildman–Crippen MR) is 175 cm³/mol. The highest BCUT2D eigenvalue weighted by atomic mass is 127. The molecule has 6 rings (SSSR count). The molecule has 0 bridgehead atoms. The highest BCUT2D eigenvalue weighted by Gasteiger charge is 2.20. The van der Waals surface area contributed by atoms with Gasteiger partial charge in [0.25, 0.3) is 11.5 Å². The number of nitrogens with zero attached hydrogens (tertiary/aromatic N) is 4. The number of halogens is 2. The predicted octanol–water partition coefficient (Wildman–Crippen LogP) is 5.70. The van der Waals surface area contributed by atoms with Gasteiger partial charge < -0.3 is 23.5 Å². The van der Waals surface area contributed by atoms with Gasteiger partial charge in [-0.15, -0.1) is 0 Å². The van der Waals surface area contributed by atoms with Crippen LogP contribution in [-0.2, 0) is 9.53 Å². The summed E-state index contributed by atoms with van der Waals surface area (Å²) in [6.07, 6.45) is 1.56.